The highest BCUT2D eigenvalue weighted by Gasteiger charge is 2.24. The van der Waals surface area contributed by atoms with Gasteiger partial charge in [-0.3, -0.25) is 19.5 Å². The Balaban J connectivity index is 1.75. The summed E-state index contributed by atoms with van der Waals surface area (Å²) in [5, 5.41) is 11.8. The molecule has 34 heavy (non-hydrogen) atoms. The van der Waals surface area contributed by atoms with Crippen LogP contribution in [0.4, 0.5) is 5.69 Å². The molecule has 4 rings (SSSR count). The normalized spacial score (nSPS) is 11.9. The quantitative estimate of drug-likeness (QED) is 0.267. The third-order valence-corrected chi connectivity index (χ3v) is 6.69. The minimum absolute atomic E-state index is 0.0299. The number of methoxy groups -OCH3 is 2. The summed E-state index contributed by atoms with van der Waals surface area (Å²) < 4.78 is 18.5. The van der Waals surface area contributed by atoms with Crippen LogP contribution in [-0.4, -0.2) is 34.6 Å². The molecule has 176 valence electrons. The number of aromatic nitrogens is 2. The average Bonchev–Trinajstić information content (AvgIpc) is 3.41. The summed E-state index contributed by atoms with van der Waals surface area (Å²) >= 11 is 7.35. The second-order valence-corrected chi connectivity index (χ2v) is 8.56. The maximum Gasteiger partial charge on any atom is 0.288 e. The number of carbonyl (C=O) groups excluding carboxylic acids is 1. The van der Waals surface area contributed by atoms with Crippen LogP contribution in [0.1, 0.15) is 28.3 Å². The fraction of sp³-hybridized carbons (Fsp3) is 0.182. The topological polar surface area (TPSA) is 132 Å². The van der Waals surface area contributed by atoms with Gasteiger partial charge in [0.05, 0.1) is 30.2 Å². The van der Waals surface area contributed by atoms with E-state index >= 15 is 0 Å². The number of nitro benzene ring substituents is 1. The molecule has 0 saturated carbocycles. The van der Waals surface area contributed by atoms with E-state index in [0.29, 0.717) is 27.6 Å². The number of nitrogens with zero attached hydrogens (tertiary/aromatic N) is 3. The van der Waals surface area contributed by atoms with Gasteiger partial charge in [-0.25, -0.2) is 4.98 Å². The number of amides is 1. The van der Waals surface area contributed by atoms with Crippen molar-refractivity contribution in [3.05, 3.63) is 68.3 Å². The number of nitrogens with two attached hydrogens (primary N) is 1. The van der Waals surface area contributed by atoms with E-state index in [1.165, 1.54) is 26.4 Å². The molecule has 1 amide bonds. The minimum atomic E-state index is -0.697. The first-order chi connectivity index (χ1) is 16.2. The Hall–Kier alpha value is -3.83. The van der Waals surface area contributed by atoms with Crippen LogP contribution in [0.15, 0.2) is 42.7 Å². The molecule has 12 heteroatoms. The number of benzene rings is 2. The van der Waals surface area contributed by atoms with Crippen molar-refractivity contribution in [2.75, 3.05) is 14.2 Å². The number of rotatable bonds is 8. The second-order valence-electron chi connectivity index (χ2n) is 7.15. The smallest absolute Gasteiger partial charge is 0.288 e. The largest absolute Gasteiger partial charge is 0.493 e. The summed E-state index contributed by atoms with van der Waals surface area (Å²) in [6.45, 7) is 1.68. The summed E-state index contributed by atoms with van der Waals surface area (Å²) in [6, 6.07) is 9.63. The Labute approximate surface area is 202 Å². The predicted octanol–water partition coefficient (Wildman–Crippen LogP) is 4.90. The van der Waals surface area contributed by atoms with Crippen molar-refractivity contribution in [1.82, 2.24) is 9.55 Å². The molecule has 2 N–H and O–H groups in total. The maximum atomic E-state index is 12.2. The zero-order chi connectivity index (χ0) is 24.6. The fourth-order valence-corrected chi connectivity index (χ4v) is 4.77. The number of fused-ring (bicyclic) bond motifs is 1. The van der Waals surface area contributed by atoms with Gasteiger partial charge in [0.1, 0.15) is 33.1 Å². The van der Waals surface area contributed by atoms with E-state index in [2.05, 4.69) is 4.98 Å². The van der Waals surface area contributed by atoms with E-state index in [1.807, 2.05) is 0 Å². The molecule has 0 saturated heterocycles. The van der Waals surface area contributed by atoms with Gasteiger partial charge in [0, 0.05) is 29.8 Å². The van der Waals surface area contributed by atoms with Gasteiger partial charge in [0.2, 0.25) is 0 Å². The highest BCUT2D eigenvalue weighted by atomic mass is 35.5. The van der Waals surface area contributed by atoms with Crippen LogP contribution in [0, 0.1) is 10.1 Å². The van der Waals surface area contributed by atoms with Crippen LogP contribution in [0.25, 0.3) is 16.0 Å². The van der Waals surface area contributed by atoms with Crippen LogP contribution in [0.5, 0.6) is 17.2 Å². The summed E-state index contributed by atoms with van der Waals surface area (Å²) in [7, 11) is 3.07. The molecule has 0 spiro atoms. The van der Waals surface area contributed by atoms with Gasteiger partial charge < -0.3 is 19.9 Å². The van der Waals surface area contributed by atoms with E-state index in [0.717, 1.165) is 16.9 Å². The summed E-state index contributed by atoms with van der Waals surface area (Å²) in [4.78, 5) is 27.4. The van der Waals surface area contributed by atoms with Crippen molar-refractivity contribution < 1.29 is 23.9 Å². The zero-order valence-electron chi connectivity index (χ0n) is 18.3. The van der Waals surface area contributed by atoms with E-state index in [9.17, 15) is 14.9 Å². The van der Waals surface area contributed by atoms with Gasteiger partial charge in [-0.15, -0.1) is 11.3 Å². The molecule has 0 fully saturated rings. The number of hydrogen-bond donors (Lipinski definition) is 1. The summed E-state index contributed by atoms with van der Waals surface area (Å²) in [6.07, 6.45) is 0.905. The number of carbonyl (C=O) groups is 1. The van der Waals surface area contributed by atoms with Crippen LogP contribution in [-0.2, 0) is 0 Å². The van der Waals surface area contributed by atoms with E-state index in [-0.39, 0.29) is 21.3 Å². The first-order valence-electron chi connectivity index (χ1n) is 9.87. The Morgan fingerprint density at radius 3 is 2.56 bits per heavy atom. The van der Waals surface area contributed by atoms with E-state index in [4.69, 9.17) is 31.5 Å². The number of primary amides is 1. The first-order valence-corrected chi connectivity index (χ1v) is 11.1. The van der Waals surface area contributed by atoms with Crippen molar-refractivity contribution >= 4 is 45.6 Å². The molecule has 0 bridgehead atoms. The molecule has 0 radical (unpaired) electrons. The highest BCUT2D eigenvalue weighted by molar-refractivity contribution is 7.16. The molecular formula is C22H19ClN4O6S. The first kappa shape index (κ1) is 23.3. The van der Waals surface area contributed by atoms with Crippen LogP contribution >= 0.6 is 22.9 Å². The van der Waals surface area contributed by atoms with Crippen LogP contribution in [0.2, 0.25) is 5.02 Å². The van der Waals surface area contributed by atoms with E-state index < -0.39 is 16.9 Å². The van der Waals surface area contributed by atoms with Gasteiger partial charge in [-0.05, 0) is 6.92 Å². The molecule has 1 atom stereocenters. The van der Waals surface area contributed by atoms with Crippen molar-refractivity contribution in [2.24, 2.45) is 5.73 Å². The van der Waals surface area contributed by atoms with Gasteiger partial charge >= 0.3 is 0 Å². The zero-order valence-corrected chi connectivity index (χ0v) is 19.8. The Kier molecular flexibility index (Phi) is 6.31. The Bertz CT molecular complexity index is 1420. The number of halogens is 1. The molecule has 0 aliphatic rings. The summed E-state index contributed by atoms with van der Waals surface area (Å²) in [5.74, 6) is 0.613. The van der Waals surface area contributed by atoms with Crippen molar-refractivity contribution in [1.29, 1.82) is 0 Å². The van der Waals surface area contributed by atoms with Crippen molar-refractivity contribution in [2.45, 2.75) is 13.0 Å². The Morgan fingerprint density at radius 1 is 1.21 bits per heavy atom. The lowest BCUT2D eigenvalue weighted by molar-refractivity contribution is -0.384. The predicted molar refractivity (Wildman–Crippen MR) is 128 cm³/mol. The Morgan fingerprint density at radius 2 is 1.91 bits per heavy atom. The molecule has 10 nitrogen and oxygen atoms in total. The third kappa shape index (κ3) is 4.11. The molecule has 0 aliphatic carbocycles. The molecular weight excluding hydrogens is 484 g/mol. The number of imidazole rings is 1. The van der Waals surface area contributed by atoms with Gasteiger partial charge in [-0.1, -0.05) is 23.7 Å². The van der Waals surface area contributed by atoms with Gasteiger partial charge in [-0.2, -0.15) is 0 Å². The average molecular weight is 503 g/mol. The highest BCUT2D eigenvalue weighted by Crippen LogP contribution is 2.39. The lowest BCUT2D eigenvalue weighted by Crippen LogP contribution is -2.12. The van der Waals surface area contributed by atoms with E-state index in [1.54, 1.807) is 42.1 Å². The molecule has 2 heterocycles. The lowest BCUT2D eigenvalue weighted by atomic mass is 10.1. The van der Waals surface area contributed by atoms with Gasteiger partial charge in [0.15, 0.2) is 11.5 Å². The third-order valence-electron chi connectivity index (χ3n) is 5.15. The summed E-state index contributed by atoms with van der Waals surface area (Å²) in [5.41, 5.74) is 7.15. The lowest BCUT2D eigenvalue weighted by Gasteiger charge is -2.16. The number of hydrogen-bond acceptors (Lipinski definition) is 8. The van der Waals surface area contributed by atoms with Crippen molar-refractivity contribution in [3.63, 3.8) is 0 Å². The standard InChI is InChI=1S/C22H19ClN4O6S/c1-11(12-5-4-6-14(20(12)23)27(29)30)33-18-9-19(34-21(18)22(24)28)26-10-25-13-7-16(31-2)17(32-3)8-15(13)26/h4-11H,1-3H3,(H2,24,28). The number of ether oxygens (including phenoxy) is 3. The fourth-order valence-electron chi connectivity index (χ4n) is 3.50. The monoisotopic (exact) mass is 502 g/mol. The van der Waals surface area contributed by atoms with Crippen LogP contribution in [0.3, 0.4) is 0 Å². The molecule has 2 aromatic heterocycles. The SMILES string of the molecule is COc1cc2ncn(-c3cc(OC(C)c4cccc([N+](=O)[O-])c4Cl)c(C(N)=O)s3)c2cc1OC. The second kappa shape index (κ2) is 9.20. The minimum Gasteiger partial charge on any atom is -0.493 e. The molecule has 0 aliphatic heterocycles. The molecule has 1 unspecified atom stereocenters. The maximum absolute atomic E-state index is 12.2. The molecule has 4 aromatic rings. The van der Waals surface area contributed by atoms with Crippen LogP contribution < -0.4 is 19.9 Å². The van der Waals surface area contributed by atoms with Crippen molar-refractivity contribution in [3.8, 4) is 22.2 Å². The number of nitro groups is 1. The van der Waals surface area contributed by atoms with Gasteiger partial charge in [0.25, 0.3) is 11.6 Å². The number of thiophene rings is 1. The molecule has 2 aromatic carbocycles.